The quantitative estimate of drug-likeness (QED) is 0.902. The fraction of sp³-hybridized carbons (Fsp3) is 0.250. The minimum atomic E-state index is 0.546. The molecule has 2 aromatic carbocycles. The highest BCUT2D eigenvalue weighted by molar-refractivity contribution is 6.30. The maximum atomic E-state index is 5.96. The third-order valence-electron chi connectivity index (χ3n) is 3.00. The van der Waals surface area contributed by atoms with Gasteiger partial charge in [-0.25, -0.2) is 0 Å². The van der Waals surface area contributed by atoms with E-state index in [1.54, 1.807) is 0 Å². The predicted molar refractivity (Wildman–Crippen MR) is 79.7 cm³/mol. The van der Waals surface area contributed by atoms with E-state index in [1.165, 1.54) is 5.56 Å². The summed E-state index contributed by atoms with van der Waals surface area (Å²) in [6, 6.07) is 14.0. The molecule has 0 aliphatic carbocycles. The van der Waals surface area contributed by atoms with E-state index in [1.807, 2.05) is 25.1 Å². The first-order valence-corrected chi connectivity index (χ1v) is 6.73. The van der Waals surface area contributed by atoms with E-state index >= 15 is 0 Å². The van der Waals surface area contributed by atoms with E-state index in [-0.39, 0.29) is 0 Å². The molecule has 0 aliphatic heterocycles. The van der Waals surface area contributed by atoms with Crippen LogP contribution in [0.5, 0.6) is 5.75 Å². The van der Waals surface area contributed by atoms with Crippen LogP contribution in [0.2, 0.25) is 5.02 Å². The third kappa shape index (κ3) is 3.98. The number of nitrogens with two attached hydrogens (primary N) is 1. The highest BCUT2D eigenvalue weighted by atomic mass is 35.5. The summed E-state index contributed by atoms with van der Waals surface area (Å²) in [6.07, 6.45) is 0.911. The summed E-state index contributed by atoms with van der Waals surface area (Å²) in [5, 5.41) is 0.693. The Bertz CT molecular complexity index is 537. The average Bonchev–Trinajstić information content (AvgIpc) is 2.42. The first kappa shape index (κ1) is 13.9. The molecule has 2 aromatic rings. The highest BCUT2D eigenvalue weighted by Gasteiger charge is 2.01. The number of benzene rings is 2. The lowest BCUT2D eigenvalue weighted by Gasteiger charge is -2.10. The van der Waals surface area contributed by atoms with E-state index in [0.717, 1.165) is 23.3 Å². The average molecular weight is 276 g/mol. The number of hydrogen-bond donors (Lipinski definition) is 1. The van der Waals surface area contributed by atoms with Crippen molar-refractivity contribution in [2.75, 3.05) is 6.54 Å². The van der Waals surface area contributed by atoms with Gasteiger partial charge < -0.3 is 10.5 Å². The van der Waals surface area contributed by atoms with Crippen LogP contribution in [0.1, 0.15) is 16.7 Å². The van der Waals surface area contributed by atoms with Gasteiger partial charge in [-0.3, -0.25) is 0 Å². The van der Waals surface area contributed by atoms with Crippen LogP contribution in [0.15, 0.2) is 42.5 Å². The fourth-order valence-corrected chi connectivity index (χ4v) is 2.02. The van der Waals surface area contributed by atoms with Gasteiger partial charge in [-0.1, -0.05) is 41.9 Å². The molecule has 0 aromatic heterocycles. The van der Waals surface area contributed by atoms with Crippen LogP contribution in [0, 0.1) is 6.92 Å². The molecule has 2 N–H and O–H groups in total. The third-order valence-corrected chi connectivity index (χ3v) is 3.24. The van der Waals surface area contributed by atoms with Gasteiger partial charge in [-0.05, 0) is 48.7 Å². The molecule has 0 radical (unpaired) electrons. The van der Waals surface area contributed by atoms with Gasteiger partial charge in [-0.2, -0.15) is 0 Å². The van der Waals surface area contributed by atoms with Crippen LogP contribution >= 0.6 is 11.6 Å². The Morgan fingerprint density at radius 2 is 1.74 bits per heavy atom. The Morgan fingerprint density at radius 3 is 2.42 bits per heavy atom. The van der Waals surface area contributed by atoms with Crippen LogP contribution in [-0.2, 0) is 13.0 Å². The Kier molecular flexibility index (Phi) is 4.83. The zero-order valence-electron chi connectivity index (χ0n) is 11.0. The SMILES string of the molecule is Cc1ccc(Cl)cc1OCc1ccc(CCN)cc1. The monoisotopic (exact) mass is 275 g/mol. The predicted octanol–water partition coefficient (Wildman–Crippen LogP) is 3.73. The molecule has 19 heavy (non-hydrogen) atoms. The maximum absolute atomic E-state index is 5.96. The summed E-state index contributed by atoms with van der Waals surface area (Å²) in [4.78, 5) is 0. The van der Waals surface area contributed by atoms with Crippen molar-refractivity contribution >= 4 is 11.6 Å². The van der Waals surface area contributed by atoms with Crippen molar-refractivity contribution in [2.45, 2.75) is 20.0 Å². The van der Waals surface area contributed by atoms with Crippen LogP contribution in [0.4, 0.5) is 0 Å². The number of rotatable bonds is 5. The van der Waals surface area contributed by atoms with Gasteiger partial charge in [-0.15, -0.1) is 0 Å². The molecule has 3 heteroatoms. The summed E-state index contributed by atoms with van der Waals surface area (Å²) < 4.78 is 5.79. The minimum absolute atomic E-state index is 0.546. The molecule has 2 rings (SSSR count). The molecule has 0 atom stereocenters. The van der Waals surface area contributed by atoms with Crippen molar-refractivity contribution in [2.24, 2.45) is 5.73 Å². The number of halogens is 1. The number of hydrogen-bond acceptors (Lipinski definition) is 2. The van der Waals surface area contributed by atoms with Gasteiger partial charge in [0.05, 0.1) is 0 Å². The Morgan fingerprint density at radius 1 is 1.05 bits per heavy atom. The molecule has 2 nitrogen and oxygen atoms in total. The fourth-order valence-electron chi connectivity index (χ4n) is 1.86. The lowest BCUT2D eigenvalue weighted by Crippen LogP contribution is -2.03. The first-order valence-electron chi connectivity index (χ1n) is 6.36. The summed E-state index contributed by atoms with van der Waals surface area (Å²) >= 11 is 5.96. The topological polar surface area (TPSA) is 35.2 Å². The van der Waals surface area contributed by atoms with Gasteiger partial charge >= 0.3 is 0 Å². The maximum Gasteiger partial charge on any atom is 0.124 e. The molecule has 0 saturated carbocycles. The van der Waals surface area contributed by atoms with Crippen molar-refractivity contribution in [1.29, 1.82) is 0 Å². The molecule has 0 aliphatic rings. The first-order chi connectivity index (χ1) is 9.19. The van der Waals surface area contributed by atoms with Crippen LogP contribution in [-0.4, -0.2) is 6.54 Å². The van der Waals surface area contributed by atoms with E-state index in [9.17, 15) is 0 Å². The second-order valence-electron chi connectivity index (χ2n) is 4.55. The molecule has 100 valence electrons. The number of ether oxygens (including phenoxy) is 1. The second-order valence-corrected chi connectivity index (χ2v) is 4.99. The standard InChI is InChI=1S/C16H18ClNO/c1-12-2-7-15(17)10-16(12)19-11-14-5-3-13(4-6-14)8-9-18/h2-7,10H,8-9,11,18H2,1H3. The summed E-state index contributed by atoms with van der Waals surface area (Å²) in [5.41, 5.74) is 9.01. The molecular weight excluding hydrogens is 258 g/mol. The van der Waals surface area contributed by atoms with E-state index in [4.69, 9.17) is 22.1 Å². The zero-order chi connectivity index (χ0) is 13.7. The molecule has 0 amide bonds. The van der Waals surface area contributed by atoms with Crippen molar-refractivity contribution in [3.63, 3.8) is 0 Å². The van der Waals surface area contributed by atoms with Gasteiger partial charge in [0.1, 0.15) is 12.4 Å². The molecule has 0 spiro atoms. The molecule has 0 fully saturated rings. The zero-order valence-corrected chi connectivity index (χ0v) is 11.8. The molecular formula is C16H18ClNO. The molecule has 0 saturated heterocycles. The smallest absolute Gasteiger partial charge is 0.124 e. The highest BCUT2D eigenvalue weighted by Crippen LogP contribution is 2.23. The van der Waals surface area contributed by atoms with Gasteiger partial charge in [0.2, 0.25) is 0 Å². The summed E-state index contributed by atoms with van der Waals surface area (Å²) in [7, 11) is 0. The van der Waals surface area contributed by atoms with Crippen LogP contribution < -0.4 is 10.5 Å². The molecule has 0 unspecified atom stereocenters. The van der Waals surface area contributed by atoms with Crippen molar-refractivity contribution < 1.29 is 4.74 Å². The molecule has 0 heterocycles. The van der Waals surface area contributed by atoms with E-state index < -0.39 is 0 Å². The van der Waals surface area contributed by atoms with Crippen LogP contribution in [0.3, 0.4) is 0 Å². The Hall–Kier alpha value is -1.51. The van der Waals surface area contributed by atoms with E-state index in [2.05, 4.69) is 24.3 Å². The largest absolute Gasteiger partial charge is 0.489 e. The van der Waals surface area contributed by atoms with E-state index in [0.29, 0.717) is 18.2 Å². The Labute approximate surface area is 119 Å². The lowest BCUT2D eigenvalue weighted by molar-refractivity contribution is 0.304. The van der Waals surface area contributed by atoms with Crippen molar-refractivity contribution in [3.8, 4) is 5.75 Å². The summed E-state index contributed by atoms with van der Waals surface area (Å²) in [5.74, 6) is 0.832. The summed E-state index contributed by atoms with van der Waals surface area (Å²) in [6.45, 7) is 3.23. The minimum Gasteiger partial charge on any atom is -0.489 e. The second kappa shape index (κ2) is 6.60. The molecule has 0 bridgehead atoms. The van der Waals surface area contributed by atoms with Crippen molar-refractivity contribution in [3.05, 3.63) is 64.2 Å². The van der Waals surface area contributed by atoms with Crippen LogP contribution in [0.25, 0.3) is 0 Å². The lowest BCUT2D eigenvalue weighted by atomic mass is 10.1. The van der Waals surface area contributed by atoms with Gasteiger partial charge in [0.15, 0.2) is 0 Å². The van der Waals surface area contributed by atoms with Crippen molar-refractivity contribution in [1.82, 2.24) is 0 Å². The van der Waals surface area contributed by atoms with Gasteiger partial charge in [0, 0.05) is 5.02 Å². The Balaban J connectivity index is 2.00. The van der Waals surface area contributed by atoms with Gasteiger partial charge in [0.25, 0.3) is 0 Å². The number of aryl methyl sites for hydroxylation is 1. The normalized spacial score (nSPS) is 10.5.